The minimum atomic E-state index is -4.56. The van der Waals surface area contributed by atoms with Crippen molar-refractivity contribution in [3.63, 3.8) is 0 Å². The Morgan fingerprint density at radius 2 is 1.72 bits per heavy atom. The van der Waals surface area contributed by atoms with Crippen molar-refractivity contribution in [1.29, 1.82) is 0 Å². The summed E-state index contributed by atoms with van der Waals surface area (Å²) in [6.07, 6.45) is -5.78. The summed E-state index contributed by atoms with van der Waals surface area (Å²) in [6.45, 7) is 0. The van der Waals surface area contributed by atoms with Gasteiger partial charge in [-0.1, -0.05) is 0 Å². The number of sulfonamides is 1. The van der Waals surface area contributed by atoms with Gasteiger partial charge in [-0.05, 0) is 24.3 Å². The van der Waals surface area contributed by atoms with Crippen molar-refractivity contribution in [3.8, 4) is 0 Å². The fraction of sp³-hybridized carbons (Fsp3) is 0.222. The Hall–Kier alpha value is -1.77. The van der Waals surface area contributed by atoms with Gasteiger partial charge in [0.15, 0.2) is 0 Å². The third-order valence-electron chi connectivity index (χ3n) is 1.90. The van der Waals surface area contributed by atoms with E-state index in [1.807, 2.05) is 0 Å². The van der Waals surface area contributed by atoms with Crippen LogP contribution in [-0.2, 0) is 20.9 Å². The third kappa shape index (κ3) is 3.36. The molecule has 18 heavy (non-hydrogen) atoms. The lowest BCUT2D eigenvalue weighted by molar-refractivity contribution is -0.137. The van der Waals surface area contributed by atoms with Gasteiger partial charge in [0.2, 0.25) is 0 Å². The molecule has 0 unspecified atom stereocenters. The molecular formula is C9H8F3NO4S. The summed E-state index contributed by atoms with van der Waals surface area (Å²) in [4.78, 5) is 10.3. The highest BCUT2D eigenvalue weighted by atomic mass is 32.2. The summed E-state index contributed by atoms with van der Waals surface area (Å²) >= 11 is 0. The van der Waals surface area contributed by atoms with E-state index in [0.717, 1.165) is 19.2 Å². The maximum Gasteiger partial charge on any atom is 0.420 e. The number of amides is 1. The van der Waals surface area contributed by atoms with E-state index >= 15 is 0 Å². The molecule has 0 spiro atoms. The van der Waals surface area contributed by atoms with E-state index in [1.54, 1.807) is 0 Å². The van der Waals surface area contributed by atoms with E-state index in [2.05, 4.69) is 4.74 Å². The molecule has 1 N–H and O–H groups in total. The number of nitrogens with one attached hydrogen (secondary N) is 1. The van der Waals surface area contributed by atoms with Gasteiger partial charge < -0.3 is 4.74 Å². The Kier molecular flexibility index (Phi) is 3.85. The van der Waals surface area contributed by atoms with Crippen LogP contribution in [0.5, 0.6) is 0 Å². The number of carbonyl (C=O) groups excluding carboxylic acids is 1. The van der Waals surface area contributed by atoms with Crippen LogP contribution in [0.15, 0.2) is 29.2 Å². The highest BCUT2D eigenvalue weighted by molar-refractivity contribution is 7.90. The number of methoxy groups -OCH3 is 1. The first-order valence-corrected chi connectivity index (χ1v) is 5.93. The lowest BCUT2D eigenvalue weighted by atomic mass is 10.2. The highest BCUT2D eigenvalue weighted by Crippen LogP contribution is 2.29. The summed E-state index contributed by atoms with van der Waals surface area (Å²) in [5, 5.41) is 0. The molecular weight excluding hydrogens is 275 g/mol. The van der Waals surface area contributed by atoms with Crippen LogP contribution in [0.1, 0.15) is 5.56 Å². The second kappa shape index (κ2) is 4.84. The van der Waals surface area contributed by atoms with Crippen molar-refractivity contribution in [2.75, 3.05) is 7.11 Å². The molecule has 0 aliphatic carbocycles. The van der Waals surface area contributed by atoms with Crippen molar-refractivity contribution in [2.45, 2.75) is 11.1 Å². The van der Waals surface area contributed by atoms with E-state index in [-0.39, 0.29) is 0 Å². The largest absolute Gasteiger partial charge is 0.452 e. The molecule has 0 atom stereocenters. The fourth-order valence-corrected chi connectivity index (χ4v) is 1.95. The van der Waals surface area contributed by atoms with Gasteiger partial charge in [-0.25, -0.2) is 17.9 Å². The first-order valence-electron chi connectivity index (χ1n) is 4.45. The number of hydrogen-bond acceptors (Lipinski definition) is 4. The maximum atomic E-state index is 12.2. The average molecular weight is 283 g/mol. The SMILES string of the molecule is COC(=O)NS(=O)(=O)c1ccc(C(F)(F)F)cc1. The second-order valence-corrected chi connectivity index (χ2v) is 4.80. The maximum absolute atomic E-state index is 12.2. The third-order valence-corrected chi connectivity index (χ3v) is 3.22. The summed E-state index contributed by atoms with van der Waals surface area (Å²) in [7, 11) is -3.27. The molecule has 0 aromatic heterocycles. The van der Waals surface area contributed by atoms with Crippen molar-refractivity contribution < 1.29 is 31.1 Å². The minimum Gasteiger partial charge on any atom is -0.452 e. The van der Waals surface area contributed by atoms with E-state index in [0.29, 0.717) is 12.1 Å². The Morgan fingerprint density at radius 3 is 2.11 bits per heavy atom. The highest BCUT2D eigenvalue weighted by Gasteiger charge is 2.30. The molecule has 1 rings (SSSR count). The zero-order valence-corrected chi connectivity index (χ0v) is 9.80. The van der Waals surface area contributed by atoms with Crippen LogP contribution in [0.3, 0.4) is 0 Å². The molecule has 0 bridgehead atoms. The fourth-order valence-electron chi connectivity index (χ4n) is 1.03. The molecule has 9 heteroatoms. The number of carbonyl (C=O) groups is 1. The monoisotopic (exact) mass is 283 g/mol. The number of rotatable bonds is 2. The minimum absolute atomic E-state index is 0.471. The predicted octanol–water partition coefficient (Wildman–Crippen LogP) is 1.75. The molecule has 0 radical (unpaired) electrons. The number of hydrogen-bond donors (Lipinski definition) is 1. The van der Waals surface area contributed by atoms with Crippen LogP contribution in [-0.4, -0.2) is 21.6 Å². The van der Waals surface area contributed by atoms with Gasteiger partial charge in [0.1, 0.15) is 0 Å². The van der Waals surface area contributed by atoms with Gasteiger partial charge in [0.05, 0.1) is 17.6 Å². The van der Waals surface area contributed by atoms with Crippen LogP contribution >= 0.6 is 0 Å². The number of benzene rings is 1. The van der Waals surface area contributed by atoms with Crippen molar-refractivity contribution in [3.05, 3.63) is 29.8 Å². The number of alkyl halides is 3. The first kappa shape index (κ1) is 14.3. The molecule has 1 aromatic carbocycles. The summed E-state index contributed by atoms with van der Waals surface area (Å²) < 4.78 is 65.3. The molecule has 0 fully saturated rings. The average Bonchev–Trinajstić information content (AvgIpc) is 2.27. The van der Waals surface area contributed by atoms with E-state index in [1.165, 1.54) is 4.72 Å². The van der Waals surface area contributed by atoms with E-state index in [4.69, 9.17) is 0 Å². The summed E-state index contributed by atoms with van der Waals surface area (Å²) in [5.41, 5.74) is -0.987. The normalized spacial score (nSPS) is 12.0. The zero-order valence-electron chi connectivity index (χ0n) is 8.98. The molecule has 0 aliphatic rings. The topological polar surface area (TPSA) is 72.5 Å². The van der Waals surface area contributed by atoms with Crippen LogP contribution in [0.2, 0.25) is 0 Å². The van der Waals surface area contributed by atoms with Gasteiger partial charge in [0.25, 0.3) is 10.0 Å². The molecule has 1 aromatic rings. The molecule has 0 saturated heterocycles. The number of ether oxygens (including phenoxy) is 1. The van der Waals surface area contributed by atoms with Crippen molar-refractivity contribution in [2.24, 2.45) is 0 Å². The zero-order chi connectivity index (χ0) is 14.0. The lowest BCUT2D eigenvalue weighted by Gasteiger charge is -2.08. The second-order valence-electron chi connectivity index (χ2n) is 3.12. The van der Waals surface area contributed by atoms with Gasteiger partial charge >= 0.3 is 12.3 Å². The van der Waals surface area contributed by atoms with Crippen molar-refractivity contribution in [1.82, 2.24) is 4.72 Å². The van der Waals surface area contributed by atoms with Crippen LogP contribution in [0, 0.1) is 0 Å². The quantitative estimate of drug-likeness (QED) is 0.897. The van der Waals surface area contributed by atoms with Crippen molar-refractivity contribution >= 4 is 16.1 Å². The first-order chi connectivity index (χ1) is 8.16. The van der Waals surface area contributed by atoms with Crippen LogP contribution in [0.25, 0.3) is 0 Å². The molecule has 0 aliphatic heterocycles. The van der Waals surface area contributed by atoms with Gasteiger partial charge in [-0.2, -0.15) is 13.2 Å². The predicted molar refractivity (Wildman–Crippen MR) is 54.2 cm³/mol. The Balaban J connectivity index is 3.02. The summed E-state index contributed by atoms with van der Waals surface area (Å²) in [6, 6.07) is 2.69. The Bertz CT molecular complexity index is 536. The lowest BCUT2D eigenvalue weighted by Crippen LogP contribution is -2.30. The molecule has 100 valence electrons. The van der Waals surface area contributed by atoms with E-state index < -0.39 is 32.8 Å². The summed E-state index contributed by atoms with van der Waals surface area (Å²) in [5.74, 6) is 0. The van der Waals surface area contributed by atoms with Crippen LogP contribution in [0.4, 0.5) is 18.0 Å². The van der Waals surface area contributed by atoms with Crippen LogP contribution < -0.4 is 4.72 Å². The number of halogens is 3. The van der Waals surface area contributed by atoms with E-state index in [9.17, 15) is 26.4 Å². The van der Waals surface area contributed by atoms with Gasteiger partial charge in [0, 0.05) is 0 Å². The smallest absolute Gasteiger partial charge is 0.420 e. The molecule has 5 nitrogen and oxygen atoms in total. The van der Waals surface area contributed by atoms with Gasteiger partial charge in [-0.15, -0.1) is 0 Å². The van der Waals surface area contributed by atoms with Gasteiger partial charge in [-0.3, -0.25) is 0 Å². The molecule has 0 heterocycles. The Morgan fingerprint density at radius 1 is 1.22 bits per heavy atom. The molecule has 0 saturated carbocycles. The Labute approximate surface area is 101 Å². The standard InChI is InChI=1S/C9H8F3NO4S/c1-17-8(14)13-18(15,16)7-4-2-6(3-5-7)9(10,11)12/h2-5H,1H3,(H,13,14). The molecule has 1 amide bonds.